The Morgan fingerprint density at radius 3 is 2.58 bits per heavy atom. The first kappa shape index (κ1) is 9.46. The van der Waals surface area contributed by atoms with Crippen LogP contribution in [0.2, 0.25) is 0 Å². The fourth-order valence-corrected chi connectivity index (χ4v) is 1.23. The lowest BCUT2D eigenvalue weighted by Crippen LogP contribution is -2.50. The van der Waals surface area contributed by atoms with Crippen molar-refractivity contribution in [1.82, 2.24) is 15.3 Å². The van der Waals surface area contributed by atoms with Gasteiger partial charge in [-0.05, 0) is 7.05 Å². The number of hydrogen-bond donors (Lipinski definition) is 1. The molecule has 1 aliphatic heterocycles. The number of hydrogen-bond acceptors (Lipinski definition) is 4. The number of hydrazine groups is 1. The third-order valence-corrected chi connectivity index (χ3v) is 2.08. The van der Waals surface area contributed by atoms with Crippen LogP contribution in [0.15, 0.2) is 0 Å². The van der Waals surface area contributed by atoms with Crippen LogP contribution in [0, 0.1) is 11.3 Å². The maximum atomic E-state index is 8.32. The molecule has 0 saturated carbocycles. The predicted molar refractivity (Wildman–Crippen MR) is 47.3 cm³/mol. The molecular weight excluding hydrogens is 152 g/mol. The molecule has 1 rings (SSSR count). The van der Waals surface area contributed by atoms with E-state index in [1.165, 1.54) is 0 Å². The highest BCUT2D eigenvalue weighted by Crippen LogP contribution is 1.94. The van der Waals surface area contributed by atoms with Crippen LogP contribution in [0.25, 0.3) is 0 Å². The lowest BCUT2D eigenvalue weighted by Gasteiger charge is -2.32. The normalized spacial score (nSPS) is 20.7. The van der Waals surface area contributed by atoms with Crippen molar-refractivity contribution < 1.29 is 0 Å². The topological polar surface area (TPSA) is 42.3 Å². The maximum absolute atomic E-state index is 8.32. The van der Waals surface area contributed by atoms with Gasteiger partial charge in [-0.1, -0.05) is 0 Å². The zero-order chi connectivity index (χ0) is 8.81. The fraction of sp³-hybridized carbons (Fsp3) is 0.875. The van der Waals surface area contributed by atoms with Crippen LogP contribution in [0.1, 0.15) is 6.42 Å². The molecule has 0 spiro atoms. The summed E-state index contributed by atoms with van der Waals surface area (Å²) >= 11 is 0. The molecule has 4 nitrogen and oxygen atoms in total. The summed E-state index contributed by atoms with van der Waals surface area (Å²) < 4.78 is 0. The standard InChI is InChI=1S/C8H16N4/c1-11-5-7-12(8-6-11)10-4-2-3-9/h10H,2,4-8H2,1H3. The third kappa shape index (κ3) is 3.18. The second-order valence-corrected chi connectivity index (χ2v) is 3.11. The van der Waals surface area contributed by atoms with E-state index < -0.39 is 0 Å². The van der Waals surface area contributed by atoms with Crippen LogP contribution in [0.3, 0.4) is 0 Å². The van der Waals surface area contributed by atoms with Crippen LogP contribution in [0.5, 0.6) is 0 Å². The Kier molecular flexibility index (Phi) is 4.01. The van der Waals surface area contributed by atoms with Gasteiger partial charge in [0.05, 0.1) is 6.07 Å². The lowest BCUT2D eigenvalue weighted by molar-refractivity contribution is 0.106. The van der Waals surface area contributed by atoms with Crippen molar-refractivity contribution in [3.63, 3.8) is 0 Å². The summed E-state index contributed by atoms with van der Waals surface area (Å²) in [5.74, 6) is 0. The van der Waals surface area contributed by atoms with Crippen molar-refractivity contribution in [3.8, 4) is 6.07 Å². The molecule has 0 unspecified atom stereocenters. The predicted octanol–water partition coefficient (Wildman–Crippen LogP) is -0.348. The number of piperazine rings is 1. The third-order valence-electron chi connectivity index (χ3n) is 2.08. The summed E-state index contributed by atoms with van der Waals surface area (Å²) in [5.41, 5.74) is 3.23. The molecule has 0 bridgehead atoms. The van der Waals surface area contributed by atoms with Gasteiger partial charge in [-0.2, -0.15) is 5.26 Å². The summed E-state index contributed by atoms with van der Waals surface area (Å²) in [4.78, 5) is 2.31. The fourth-order valence-electron chi connectivity index (χ4n) is 1.23. The van der Waals surface area contributed by atoms with Crippen LogP contribution in [0.4, 0.5) is 0 Å². The monoisotopic (exact) mass is 168 g/mol. The van der Waals surface area contributed by atoms with E-state index in [2.05, 4.69) is 28.5 Å². The molecule has 1 fully saturated rings. The SMILES string of the molecule is CN1CCN(NCCC#N)CC1. The van der Waals surface area contributed by atoms with Gasteiger partial charge in [0.2, 0.25) is 0 Å². The Hall–Kier alpha value is -0.630. The molecule has 0 atom stereocenters. The van der Waals surface area contributed by atoms with Crippen LogP contribution < -0.4 is 5.43 Å². The molecule has 0 aliphatic carbocycles. The van der Waals surface area contributed by atoms with E-state index in [1.54, 1.807) is 0 Å². The van der Waals surface area contributed by atoms with Crippen molar-refractivity contribution in [1.29, 1.82) is 5.26 Å². The summed E-state index contributed by atoms with van der Waals surface area (Å²) in [6.45, 7) is 5.11. The first-order valence-corrected chi connectivity index (χ1v) is 4.37. The second kappa shape index (κ2) is 5.09. The van der Waals surface area contributed by atoms with E-state index in [1.807, 2.05) is 0 Å². The van der Waals surface area contributed by atoms with Crippen molar-refractivity contribution in [3.05, 3.63) is 0 Å². The van der Waals surface area contributed by atoms with E-state index in [-0.39, 0.29) is 0 Å². The number of nitriles is 1. The quantitative estimate of drug-likeness (QED) is 0.585. The summed E-state index contributed by atoms with van der Waals surface area (Å²) in [7, 11) is 2.13. The molecule has 1 aliphatic rings. The molecule has 4 heteroatoms. The highest BCUT2D eigenvalue weighted by atomic mass is 15.5. The van der Waals surface area contributed by atoms with Gasteiger partial charge in [-0.25, -0.2) is 5.01 Å². The van der Waals surface area contributed by atoms with Crippen molar-refractivity contribution in [2.24, 2.45) is 0 Å². The Morgan fingerprint density at radius 1 is 1.33 bits per heavy atom. The highest BCUT2D eigenvalue weighted by molar-refractivity contribution is 4.71. The number of rotatable bonds is 3. The summed E-state index contributed by atoms with van der Waals surface area (Å²) in [6.07, 6.45) is 0.590. The molecule has 0 amide bonds. The van der Waals surface area contributed by atoms with Crippen LogP contribution in [-0.4, -0.2) is 49.7 Å². The summed E-state index contributed by atoms with van der Waals surface area (Å²) in [6, 6.07) is 2.12. The number of nitrogens with zero attached hydrogens (tertiary/aromatic N) is 3. The Labute approximate surface area is 73.7 Å². The van der Waals surface area contributed by atoms with E-state index >= 15 is 0 Å². The van der Waals surface area contributed by atoms with Gasteiger partial charge in [-0.3, -0.25) is 5.43 Å². The molecule has 1 heterocycles. The number of nitrogens with one attached hydrogen (secondary N) is 1. The Bertz CT molecular complexity index is 155. The molecule has 1 saturated heterocycles. The minimum absolute atomic E-state index is 0.590. The highest BCUT2D eigenvalue weighted by Gasteiger charge is 2.11. The van der Waals surface area contributed by atoms with Gasteiger partial charge in [0.15, 0.2) is 0 Å². The van der Waals surface area contributed by atoms with Gasteiger partial charge in [0, 0.05) is 39.1 Å². The molecule has 0 radical (unpaired) electrons. The van der Waals surface area contributed by atoms with E-state index in [0.29, 0.717) is 6.42 Å². The molecular formula is C8H16N4. The van der Waals surface area contributed by atoms with E-state index in [9.17, 15) is 0 Å². The second-order valence-electron chi connectivity index (χ2n) is 3.11. The minimum atomic E-state index is 0.590. The van der Waals surface area contributed by atoms with Crippen molar-refractivity contribution >= 4 is 0 Å². The van der Waals surface area contributed by atoms with Crippen molar-refractivity contribution in [2.45, 2.75) is 6.42 Å². The van der Waals surface area contributed by atoms with E-state index in [4.69, 9.17) is 5.26 Å². The smallest absolute Gasteiger partial charge is 0.0635 e. The van der Waals surface area contributed by atoms with Gasteiger partial charge < -0.3 is 4.90 Å². The molecule has 1 N–H and O–H groups in total. The Morgan fingerprint density at radius 2 is 2.00 bits per heavy atom. The lowest BCUT2D eigenvalue weighted by atomic mass is 10.4. The van der Waals surface area contributed by atoms with Gasteiger partial charge in [0.1, 0.15) is 0 Å². The first-order valence-electron chi connectivity index (χ1n) is 4.37. The molecule has 12 heavy (non-hydrogen) atoms. The maximum Gasteiger partial charge on any atom is 0.0635 e. The average Bonchev–Trinajstić information content (AvgIpc) is 2.09. The average molecular weight is 168 g/mol. The zero-order valence-electron chi connectivity index (χ0n) is 7.58. The van der Waals surface area contributed by atoms with Gasteiger partial charge >= 0.3 is 0 Å². The largest absolute Gasteiger partial charge is 0.304 e. The summed E-state index contributed by atoms with van der Waals surface area (Å²) in [5, 5.41) is 10.5. The van der Waals surface area contributed by atoms with Gasteiger partial charge in [-0.15, -0.1) is 0 Å². The zero-order valence-corrected chi connectivity index (χ0v) is 7.58. The van der Waals surface area contributed by atoms with Crippen LogP contribution in [-0.2, 0) is 0 Å². The first-order chi connectivity index (χ1) is 5.83. The molecule has 0 aromatic heterocycles. The van der Waals surface area contributed by atoms with Gasteiger partial charge in [0.25, 0.3) is 0 Å². The van der Waals surface area contributed by atoms with Crippen LogP contribution >= 0.6 is 0 Å². The Balaban J connectivity index is 2.06. The molecule has 0 aromatic carbocycles. The van der Waals surface area contributed by atoms with Crippen molar-refractivity contribution in [2.75, 3.05) is 39.8 Å². The molecule has 0 aromatic rings. The number of likely N-dealkylation sites (N-methyl/N-ethyl adjacent to an activating group) is 1. The minimum Gasteiger partial charge on any atom is -0.304 e. The van der Waals surface area contributed by atoms with E-state index in [0.717, 1.165) is 32.7 Å². The molecule has 68 valence electrons.